The Morgan fingerprint density at radius 3 is 2.45 bits per heavy atom. The molecule has 0 aromatic carbocycles. The maximum atomic E-state index is 12.4. The number of carbonyl (C=O) groups excluding carboxylic acids is 1. The van der Waals surface area contributed by atoms with Crippen molar-refractivity contribution in [1.82, 2.24) is 4.98 Å². The Kier molecular flexibility index (Phi) is 5.75. The van der Waals surface area contributed by atoms with Gasteiger partial charge in [-0.15, -0.1) is 11.3 Å². The molecule has 0 bridgehead atoms. The highest BCUT2D eigenvalue weighted by atomic mass is 32.1. The first-order chi connectivity index (χ1) is 9.16. The molecule has 0 aliphatic rings. The molecule has 0 spiro atoms. The highest BCUT2D eigenvalue weighted by Gasteiger charge is 2.30. The molecule has 2 atom stereocenters. The van der Waals surface area contributed by atoms with E-state index in [2.05, 4.69) is 44.9 Å². The quantitative estimate of drug-likeness (QED) is 0.858. The number of nitrogens with zero attached hydrogens (tertiary/aromatic N) is 1. The summed E-state index contributed by atoms with van der Waals surface area (Å²) in [5.74, 6) is 0.416. The fraction of sp³-hybridized carbons (Fsp3) is 0.750. The first-order valence-corrected chi connectivity index (χ1v) is 8.25. The molecular formula is C16H28N2OS. The summed E-state index contributed by atoms with van der Waals surface area (Å²) >= 11 is 1.61. The van der Waals surface area contributed by atoms with Crippen molar-refractivity contribution in [3.63, 3.8) is 0 Å². The van der Waals surface area contributed by atoms with E-state index in [0.29, 0.717) is 5.92 Å². The Balaban J connectivity index is 2.75. The number of hydrogen-bond donors (Lipinski definition) is 1. The molecule has 4 heteroatoms. The van der Waals surface area contributed by atoms with Gasteiger partial charge in [-0.25, -0.2) is 4.98 Å². The van der Waals surface area contributed by atoms with Crippen molar-refractivity contribution >= 4 is 22.2 Å². The van der Waals surface area contributed by atoms with Crippen LogP contribution in [-0.2, 0) is 11.2 Å². The van der Waals surface area contributed by atoms with E-state index < -0.39 is 0 Å². The van der Waals surface area contributed by atoms with E-state index in [-0.39, 0.29) is 17.2 Å². The molecule has 1 heterocycles. The summed E-state index contributed by atoms with van der Waals surface area (Å²) in [6.45, 7) is 14.8. The van der Waals surface area contributed by atoms with Crippen LogP contribution in [0.3, 0.4) is 0 Å². The number of amides is 1. The monoisotopic (exact) mass is 296 g/mol. The third kappa shape index (κ3) is 4.30. The van der Waals surface area contributed by atoms with Crippen LogP contribution in [0.1, 0.15) is 58.7 Å². The van der Waals surface area contributed by atoms with Gasteiger partial charge in [-0.3, -0.25) is 4.79 Å². The number of anilines is 1. The number of aryl methyl sites for hydroxylation is 2. The van der Waals surface area contributed by atoms with E-state index in [1.807, 2.05) is 13.8 Å². The largest absolute Gasteiger partial charge is 0.316 e. The summed E-state index contributed by atoms with van der Waals surface area (Å²) in [4.78, 5) is 16.9. The van der Waals surface area contributed by atoms with Crippen LogP contribution in [0, 0.1) is 24.2 Å². The Labute approximate surface area is 127 Å². The SMILES string of the molecule is CCCc1nc(C)c(NC(=O)C(C)C(C)C(C)(C)C)s1. The maximum absolute atomic E-state index is 12.4. The minimum absolute atomic E-state index is 0.00822. The lowest BCUT2D eigenvalue weighted by molar-refractivity contribution is -0.122. The van der Waals surface area contributed by atoms with Gasteiger partial charge in [0.05, 0.1) is 10.7 Å². The van der Waals surface area contributed by atoms with Gasteiger partial charge < -0.3 is 5.32 Å². The van der Waals surface area contributed by atoms with E-state index in [4.69, 9.17) is 0 Å². The summed E-state index contributed by atoms with van der Waals surface area (Å²) in [6.07, 6.45) is 2.06. The predicted molar refractivity (Wildman–Crippen MR) is 87.3 cm³/mol. The number of thiazole rings is 1. The summed E-state index contributed by atoms with van der Waals surface area (Å²) in [7, 11) is 0. The van der Waals surface area contributed by atoms with Gasteiger partial charge in [-0.05, 0) is 31.1 Å². The molecule has 0 aliphatic carbocycles. The van der Waals surface area contributed by atoms with Crippen LogP contribution in [0.15, 0.2) is 0 Å². The van der Waals surface area contributed by atoms with Crippen molar-refractivity contribution in [1.29, 1.82) is 0 Å². The lowest BCUT2D eigenvalue weighted by atomic mass is 9.75. The Morgan fingerprint density at radius 1 is 1.35 bits per heavy atom. The zero-order valence-corrected chi connectivity index (χ0v) is 14.6. The first kappa shape index (κ1) is 17.2. The molecule has 2 unspecified atom stereocenters. The molecule has 114 valence electrons. The van der Waals surface area contributed by atoms with E-state index in [9.17, 15) is 4.79 Å². The molecule has 20 heavy (non-hydrogen) atoms. The highest BCUT2D eigenvalue weighted by molar-refractivity contribution is 7.16. The van der Waals surface area contributed by atoms with E-state index in [1.54, 1.807) is 11.3 Å². The van der Waals surface area contributed by atoms with Crippen LogP contribution in [-0.4, -0.2) is 10.9 Å². The number of aromatic nitrogens is 1. The highest BCUT2D eigenvalue weighted by Crippen LogP contribution is 2.33. The summed E-state index contributed by atoms with van der Waals surface area (Å²) in [5, 5.41) is 5.08. The molecule has 3 nitrogen and oxygen atoms in total. The number of hydrogen-bond acceptors (Lipinski definition) is 3. The van der Waals surface area contributed by atoms with Gasteiger partial charge in [0, 0.05) is 5.92 Å². The van der Waals surface area contributed by atoms with E-state index in [1.165, 1.54) is 0 Å². The fourth-order valence-corrected chi connectivity index (χ4v) is 3.16. The summed E-state index contributed by atoms with van der Waals surface area (Å²) in [6, 6.07) is 0. The van der Waals surface area contributed by atoms with Gasteiger partial charge in [0.2, 0.25) is 5.91 Å². The second-order valence-corrected chi connectivity index (χ2v) is 7.79. The van der Waals surface area contributed by atoms with Crippen molar-refractivity contribution in [2.45, 2.75) is 61.3 Å². The third-order valence-corrected chi connectivity index (χ3v) is 5.20. The molecule has 1 rings (SSSR count). The molecule has 0 fully saturated rings. The topological polar surface area (TPSA) is 42.0 Å². The molecular weight excluding hydrogens is 268 g/mol. The van der Waals surface area contributed by atoms with Crippen LogP contribution >= 0.6 is 11.3 Å². The smallest absolute Gasteiger partial charge is 0.228 e. The zero-order chi connectivity index (χ0) is 15.5. The summed E-state index contributed by atoms with van der Waals surface area (Å²) < 4.78 is 0. The average molecular weight is 296 g/mol. The van der Waals surface area contributed by atoms with E-state index >= 15 is 0 Å². The lowest BCUT2D eigenvalue weighted by Gasteiger charge is -2.31. The average Bonchev–Trinajstić information content (AvgIpc) is 2.67. The molecule has 0 radical (unpaired) electrons. The van der Waals surface area contributed by atoms with E-state index in [0.717, 1.165) is 28.5 Å². The predicted octanol–water partition coefficient (Wildman–Crippen LogP) is 4.66. The van der Waals surface area contributed by atoms with Crippen LogP contribution < -0.4 is 5.32 Å². The first-order valence-electron chi connectivity index (χ1n) is 7.44. The van der Waals surface area contributed by atoms with Crippen LogP contribution in [0.25, 0.3) is 0 Å². The van der Waals surface area contributed by atoms with Gasteiger partial charge in [-0.1, -0.05) is 41.5 Å². The minimum Gasteiger partial charge on any atom is -0.316 e. The lowest BCUT2D eigenvalue weighted by Crippen LogP contribution is -2.32. The molecule has 0 aliphatic heterocycles. The van der Waals surface area contributed by atoms with Gasteiger partial charge in [-0.2, -0.15) is 0 Å². The zero-order valence-electron chi connectivity index (χ0n) is 13.8. The third-order valence-electron chi connectivity index (χ3n) is 4.07. The van der Waals surface area contributed by atoms with Crippen molar-refractivity contribution < 1.29 is 4.79 Å². The Bertz CT molecular complexity index is 460. The number of carbonyl (C=O) groups is 1. The Hall–Kier alpha value is -0.900. The van der Waals surface area contributed by atoms with Crippen LogP contribution in [0.2, 0.25) is 0 Å². The molecule has 0 saturated heterocycles. The van der Waals surface area contributed by atoms with Crippen molar-refractivity contribution in [3.8, 4) is 0 Å². The molecule has 1 aromatic rings. The normalized spacial score (nSPS) is 14.9. The van der Waals surface area contributed by atoms with Crippen molar-refractivity contribution in [3.05, 3.63) is 10.7 Å². The fourth-order valence-electron chi connectivity index (χ4n) is 2.09. The second-order valence-electron chi connectivity index (χ2n) is 6.70. The van der Waals surface area contributed by atoms with Gasteiger partial charge in [0.25, 0.3) is 0 Å². The van der Waals surface area contributed by atoms with Crippen molar-refractivity contribution in [2.75, 3.05) is 5.32 Å². The molecule has 1 amide bonds. The number of nitrogens with one attached hydrogen (secondary N) is 1. The standard InChI is InChI=1S/C16H28N2OS/c1-8-9-13-17-12(4)15(20-13)18-14(19)10(2)11(3)16(5,6)7/h10-11H,8-9H2,1-7H3,(H,18,19). The summed E-state index contributed by atoms with van der Waals surface area (Å²) in [5.41, 5.74) is 1.06. The van der Waals surface area contributed by atoms with Crippen LogP contribution in [0.5, 0.6) is 0 Å². The Morgan fingerprint density at radius 2 is 1.95 bits per heavy atom. The molecule has 1 N–H and O–H groups in total. The van der Waals surface area contributed by atoms with Gasteiger partial charge >= 0.3 is 0 Å². The number of rotatable bonds is 5. The second kappa shape index (κ2) is 6.70. The molecule has 0 saturated carbocycles. The van der Waals surface area contributed by atoms with Crippen molar-refractivity contribution in [2.24, 2.45) is 17.3 Å². The minimum atomic E-state index is -0.00822. The maximum Gasteiger partial charge on any atom is 0.228 e. The van der Waals surface area contributed by atoms with Crippen LogP contribution in [0.4, 0.5) is 5.00 Å². The molecule has 1 aromatic heterocycles. The van der Waals surface area contributed by atoms with Gasteiger partial charge in [0.1, 0.15) is 5.00 Å². The van der Waals surface area contributed by atoms with Gasteiger partial charge in [0.15, 0.2) is 0 Å².